The first-order chi connectivity index (χ1) is 7.20. The Morgan fingerprint density at radius 1 is 1.47 bits per heavy atom. The normalized spacial score (nSPS) is 31.8. The van der Waals surface area contributed by atoms with Crippen molar-refractivity contribution in [3.8, 4) is 0 Å². The maximum absolute atomic E-state index is 9.24. The van der Waals surface area contributed by atoms with Crippen molar-refractivity contribution in [1.29, 1.82) is 0 Å². The maximum atomic E-state index is 9.24. The van der Waals surface area contributed by atoms with Crippen LogP contribution in [0.3, 0.4) is 0 Å². The van der Waals surface area contributed by atoms with Gasteiger partial charge in [0.1, 0.15) is 0 Å². The highest BCUT2D eigenvalue weighted by Gasteiger charge is 2.32. The molecule has 2 nitrogen and oxygen atoms in total. The van der Waals surface area contributed by atoms with E-state index in [1.165, 1.54) is 37.9 Å². The predicted octanol–water partition coefficient (Wildman–Crippen LogP) is 2.54. The molecule has 0 aromatic rings. The van der Waals surface area contributed by atoms with Gasteiger partial charge < -0.3 is 10.8 Å². The summed E-state index contributed by atoms with van der Waals surface area (Å²) in [6.45, 7) is 2.39. The standard InChI is InChI=1S/C12H25NOS/c1-2-3-4-8-15-11-6-5-7-12(13,9-11)10-14/h11,14H,2-10,13H2,1H3. The molecule has 1 fully saturated rings. The molecule has 2 unspecified atom stereocenters. The topological polar surface area (TPSA) is 46.2 Å². The molecule has 0 aliphatic heterocycles. The van der Waals surface area contributed by atoms with Crippen LogP contribution in [-0.2, 0) is 0 Å². The Labute approximate surface area is 98.0 Å². The Balaban J connectivity index is 2.18. The SMILES string of the molecule is CCCCCSC1CCCC(N)(CO)C1. The molecule has 0 radical (unpaired) electrons. The summed E-state index contributed by atoms with van der Waals surface area (Å²) < 4.78 is 0. The molecule has 0 saturated heterocycles. The zero-order valence-electron chi connectivity index (χ0n) is 9.87. The smallest absolute Gasteiger partial charge is 0.0611 e. The van der Waals surface area contributed by atoms with E-state index in [1.807, 2.05) is 0 Å². The third-order valence-electron chi connectivity index (χ3n) is 3.25. The van der Waals surface area contributed by atoms with Crippen molar-refractivity contribution in [3.05, 3.63) is 0 Å². The van der Waals surface area contributed by atoms with E-state index in [2.05, 4.69) is 18.7 Å². The van der Waals surface area contributed by atoms with Crippen LogP contribution < -0.4 is 5.73 Å². The Bertz CT molecular complexity index is 177. The van der Waals surface area contributed by atoms with Crippen LogP contribution in [-0.4, -0.2) is 28.3 Å². The average Bonchev–Trinajstić information content (AvgIpc) is 2.25. The van der Waals surface area contributed by atoms with Gasteiger partial charge >= 0.3 is 0 Å². The number of thioether (sulfide) groups is 1. The van der Waals surface area contributed by atoms with Crippen LogP contribution >= 0.6 is 11.8 Å². The molecule has 3 N–H and O–H groups in total. The zero-order valence-corrected chi connectivity index (χ0v) is 10.7. The fourth-order valence-corrected chi connectivity index (χ4v) is 3.71. The summed E-state index contributed by atoms with van der Waals surface area (Å²) >= 11 is 2.06. The minimum atomic E-state index is -0.277. The van der Waals surface area contributed by atoms with Crippen LogP contribution in [0.5, 0.6) is 0 Å². The number of aliphatic hydroxyl groups is 1. The molecule has 0 amide bonds. The summed E-state index contributed by atoms with van der Waals surface area (Å²) in [5.74, 6) is 1.26. The third-order valence-corrected chi connectivity index (χ3v) is 4.65. The molecule has 0 aromatic carbocycles. The molecule has 90 valence electrons. The van der Waals surface area contributed by atoms with Crippen LogP contribution in [0.2, 0.25) is 0 Å². The molecule has 0 aromatic heterocycles. The van der Waals surface area contributed by atoms with Crippen LogP contribution in [0.1, 0.15) is 51.9 Å². The molecule has 15 heavy (non-hydrogen) atoms. The Morgan fingerprint density at radius 3 is 2.93 bits per heavy atom. The van der Waals surface area contributed by atoms with E-state index in [4.69, 9.17) is 5.73 Å². The van der Waals surface area contributed by atoms with E-state index in [-0.39, 0.29) is 12.1 Å². The van der Waals surface area contributed by atoms with E-state index in [0.29, 0.717) is 5.25 Å². The van der Waals surface area contributed by atoms with E-state index in [9.17, 15) is 5.11 Å². The monoisotopic (exact) mass is 231 g/mol. The zero-order chi connectivity index (χ0) is 11.1. The summed E-state index contributed by atoms with van der Waals surface area (Å²) in [6.07, 6.45) is 8.43. The van der Waals surface area contributed by atoms with Crippen LogP contribution in [0.25, 0.3) is 0 Å². The lowest BCUT2D eigenvalue weighted by molar-refractivity contribution is 0.159. The number of hydrogen-bond donors (Lipinski definition) is 2. The average molecular weight is 231 g/mol. The number of rotatable bonds is 6. The van der Waals surface area contributed by atoms with Crippen LogP contribution in [0, 0.1) is 0 Å². The van der Waals surface area contributed by atoms with Crippen molar-refractivity contribution in [1.82, 2.24) is 0 Å². The molecule has 2 atom stereocenters. The fraction of sp³-hybridized carbons (Fsp3) is 1.00. The first-order valence-electron chi connectivity index (χ1n) is 6.21. The van der Waals surface area contributed by atoms with Gasteiger partial charge in [0, 0.05) is 10.8 Å². The first-order valence-corrected chi connectivity index (χ1v) is 7.26. The van der Waals surface area contributed by atoms with Gasteiger partial charge in [-0.2, -0.15) is 11.8 Å². The van der Waals surface area contributed by atoms with Crippen molar-refractivity contribution in [2.75, 3.05) is 12.4 Å². The third kappa shape index (κ3) is 4.75. The lowest BCUT2D eigenvalue weighted by atomic mass is 9.83. The molecular formula is C12H25NOS. The highest BCUT2D eigenvalue weighted by atomic mass is 32.2. The summed E-state index contributed by atoms with van der Waals surface area (Å²) in [4.78, 5) is 0. The Hall–Kier alpha value is 0.270. The van der Waals surface area contributed by atoms with Gasteiger partial charge in [-0.05, 0) is 31.4 Å². The van der Waals surface area contributed by atoms with Crippen LogP contribution in [0.15, 0.2) is 0 Å². The van der Waals surface area contributed by atoms with Gasteiger partial charge in [-0.15, -0.1) is 0 Å². The summed E-state index contributed by atoms with van der Waals surface area (Å²) in [6, 6.07) is 0. The van der Waals surface area contributed by atoms with Gasteiger partial charge in [0.2, 0.25) is 0 Å². The van der Waals surface area contributed by atoms with Crippen molar-refractivity contribution >= 4 is 11.8 Å². The predicted molar refractivity (Wildman–Crippen MR) is 68.2 cm³/mol. The molecule has 0 spiro atoms. The van der Waals surface area contributed by atoms with Crippen molar-refractivity contribution < 1.29 is 5.11 Å². The summed E-state index contributed by atoms with van der Waals surface area (Å²) in [7, 11) is 0. The quantitative estimate of drug-likeness (QED) is 0.691. The van der Waals surface area contributed by atoms with E-state index < -0.39 is 0 Å². The highest BCUT2D eigenvalue weighted by Crippen LogP contribution is 2.33. The summed E-state index contributed by atoms with van der Waals surface area (Å²) in [5.41, 5.74) is 5.84. The molecule has 1 saturated carbocycles. The highest BCUT2D eigenvalue weighted by molar-refractivity contribution is 7.99. The number of unbranched alkanes of at least 4 members (excludes halogenated alkanes) is 2. The van der Waals surface area contributed by atoms with E-state index in [0.717, 1.165) is 12.8 Å². The minimum absolute atomic E-state index is 0.152. The van der Waals surface area contributed by atoms with E-state index >= 15 is 0 Å². The Kier molecular flexibility index (Phi) is 6.02. The fourth-order valence-electron chi connectivity index (χ4n) is 2.23. The second kappa shape index (κ2) is 6.77. The van der Waals surface area contributed by atoms with Gasteiger partial charge in [-0.25, -0.2) is 0 Å². The molecule has 1 aliphatic carbocycles. The van der Waals surface area contributed by atoms with Crippen molar-refractivity contribution in [3.63, 3.8) is 0 Å². The number of aliphatic hydroxyl groups excluding tert-OH is 1. The minimum Gasteiger partial charge on any atom is -0.394 e. The largest absolute Gasteiger partial charge is 0.394 e. The molecule has 0 bridgehead atoms. The van der Waals surface area contributed by atoms with Gasteiger partial charge in [0.15, 0.2) is 0 Å². The van der Waals surface area contributed by atoms with Crippen molar-refractivity contribution in [2.45, 2.75) is 62.7 Å². The van der Waals surface area contributed by atoms with Gasteiger partial charge in [0.25, 0.3) is 0 Å². The second-order valence-electron chi connectivity index (χ2n) is 4.82. The van der Waals surface area contributed by atoms with Gasteiger partial charge in [0.05, 0.1) is 6.61 Å². The van der Waals surface area contributed by atoms with Crippen molar-refractivity contribution in [2.24, 2.45) is 5.73 Å². The Morgan fingerprint density at radius 2 is 2.27 bits per heavy atom. The molecule has 3 heteroatoms. The molecule has 1 rings (SSSR count). The lowest BCUT2D eigenvalue weighted by Crippen LogP contribution is -2.48. The molecular weight excluding hydrogens is 206 g/mol. The van der Waals surface area contributed by atoms with Gasteiger partial charge in [-0.3, -0.25) is 0 Å². The second-order valence-corrected chi connectivity index (χ2v) is 6.22. The maximum Gasteiger partial charge on any atom is 0.0611 e. The molecule has 0 heterocycles. The van der Waals surface area contributed by atoms with E-state index in [1.54, 1.807) is 0 Å². The molecule has 1 aliphatic rings. The lowest BCUT2D eigenvalue weighted by Gasteiger charge is -2.36. The number of hydrogen-bond acceptors (Lipinski definition) is 3. The van der Waals surface area contributed by atoms with Crippen LogP contribution in [0.4, 0.5) is 0 Å². The first kappa shape index (κ1) is 13.3. The van der Waals surface area contributed by atoms with Gasteiger partial charge in [-0.1, -0.05) is 26.2 Å². The summed E-state index contributed by atoms with van der Waals surface area (Å²) in [5, 5.41) is 9.93. The number of nitrogens with two attached hydrogens (primary N) is 1.